The molecule has 0 aromatic heterocycles. The quantitative estimate of drug-likeness (QED) is 0.492. The van der Waals surface area contributed by atoms with E-state index in [2.05, 4.69) is 5.32 Å². The number of hydrogen-bond acceptors (Lipinski definition) is 6. The summed E-state index contributed by atoms with van der Waals surface area (Å²) in [6, 6.07) is 2.15. The monoisotopic (exact) mass is 399 g/mol. The molecule has 0 aliphatic rings. The highest BCUT2D eigenvalue weighted by molar-refractivity contribution is 7.99. The average Bonchev–Trinajstić information content (AvgIpc) is 2.63. The van der Waals surface area contributed by atoms with E-state index in [1.807, 2.05) is 27.7 Å². The summed E-state index contributed by atoms with van der Waals surface area (Å²) < 4.78 is 16.8. The summed E-state index contributed by atoms with van der Waals surface area (Å²) in [4.78, 5) is 24.1. The number of carboxylic acid groups (broad SMARTS) is 1. The maximum atomic E-state index is 12.6. The molecule has 0 saturated carbocycles. The van der Waals surface area contributed by atoms with Gasteiger partial charge in [0, 0.05) is 5.56 Å². The second-order valence-electron chi connectivity index (χ2n) is 5.45. The Morgan fingerprint density at radius 2 is 1.59 bits per heavy atom. The van der Waals surface area contributed by atoms with Gasteiger partial charge in [0.05, 0.1) is 19.8 Å². The first-order valence-corrected chi connectivity index (χ1v) is 10.3. The maximum Gasteiger partial charge on any atom is 0.326 e. The predicted molar refractivity (Wildman–Crippen MR) is 106 cm³/mol. The number of nitrogens with one attached hydrogen (secondary N) is 1. The Labute approximate surface area is 164 Å². The van der Waals surface area contributed by atoms with Crippen LogP contribution in [0.25, 0.3) is 0 Å². The molecule has 0 aliphatic carbocycles. The minimum absolute atomic E-state index is 0.264. The lowest BCUT2D eigenvalue weighted by Gasteiger charge is -2.18. The van der Waals surface area contributed by atoms with Crippen molar-refractivity contribution in [2.45, 2.75) is 40.2 Å². The highest BCUT2D eigenvalue weighted by atomic mass is 32.2. The molecule has 27 heavy (non-hydrogen) atoms. The molecule has 1 aromatic rings. The van der Waals surface area contributed by atoms with Crippen molar-refractivity contribution >= 4 is 23.6 Å². The van der Waals surface area contributed by atoms with E-state index < -0.39 is 17.9 Å². The van der Waals surface area contributed by atoms with Gasteiger partial charge in [0.15, 0.2) is 11.5 Å². The number of aliphatic carboxylic acids is 1. The van der Waals surface area contributed by atoms with Gasteiger partial charge in [-0.1, -0.05) is 6.92 Å². The third-order valence-electron chi connectivity index (χ3n) is 3.53. The Morgan fingerprint density at radius 3 is 2.04 bits per heavy atom. The molecule has 0 spiro atoms. The number of carboxylic acids is 1. The number of benzene rings is 1. The summed E-state index contributed by atoms with van der Waals surface area (Å²) in [5.41, 5.74) is 0.264. The van der Waals surface area contributed by atoms with Crippen molar-refractivity contribution in [1.29, 1.82) is 0 Å². The number of amides is 1. The van der Waals surface area contributed by atoms with E-state index in [1.54, 1.807) is 23.9 Å². The molecule has 1 atom stereocenters. The third-order valence-corrected chi connectivity index (χ3v) is 4.46. The first-order valence-electron chi connectivity index (χ1n) is 9.16. The van der Waals surface area contributed by atoms with Crippen LogP contribution in [0.15, 0.2) is 12.1 Å². The summed E-state index contributed by atoms with van der Waals surface area (Å²) >= 11 is 1.63. The van der Waals surface area contributed by atoms with Crippen LogP contribution < -0.4 is 19.5 Å². The fourth-order valence-corrected chi connectivity index (χ4v) is 3.06. The fourth-order valence-electron chi connectivity index (χ4n) is 2.36. The van der Waals surface area contributed by atoms with Crippen molar-refractivity contribution in [3.8, 4) is 17.2 Å². The number of ether oxygens (including phenoxy) is 3. The third kappa shape index (κ3) is 7.21. The van der Waals surface area contributed by atoms with Crippen molar-refractivity contribution in [3.05, 3.63) is 17.7 Å². The molecule has 2 N–H and O–H groups in total. The fraction of sp³-hybridized carbons (Fsp3) is 0.579. The predicted octanol–water partition coefficient (Wildman–Crippen LogP) is 3.21. The van der Waals surface area contributed by atoms with Crippen LogP contribution in [0.2, 0.25) is 0 Å². The lowest BCUT2D eigenvalue weighted by molar-refractivity contribution is -0.139. The van der Waals surface area contributed by atoms with Crippen molar-refractivity contribution in [1.82, 2.24) is 5.32 Å². The molecule has 0 bridgehead atoms. The summed E-state index contributed by atoms with van der Waals surface area (Å²) in [7, 11) is 0. The van der Waals surface area contributed by atoms with Crippen LogP contribution in [0.3, 0.4) is 0 Å². The zero-order chi connectivity index (χ0) is 20.2. The lowest BCUT2D eigenvalue weighted by atomic mass is 10.1. The van der Waals surface area contributed by atoms with E-state index in [4.69, 9.17) is 14.2 Å². The Hall–Kier alpha value is -2.09. The minimum Gasteiger partial charge on any atom is -0.490 e. The van der Waals surface area contributed by atoms with Gasteiger partial charge in [-0.05, 0) is 50.8 Å². The van der Waals surface area contributed by atoms with Gasteiger partial charge in [0.1, 0.15) is 6.04 Å². The molecule has 0 fully saturated rings. The average molecular weight is 400 g/mol. The van der Waals surface area contributed by atoms with Crippen LogP contribution in [0.4, 0.5) is 0 Å². The van der Waals surface area contributed by atoms with Gasteiger partial charge in [-0.25, -0.2) is 4.79 Å². The van der Waals surface area contributed by atoms with Gasteiger partial charge >= 0.3 is 5.97 Å². The summed E-state index contributed by atoms with van der Waals surface area (Å²) in [5.74, 6) is 1.23. The minimum atomic E-state index is -1.05. The SMILES string of the molecule is CCOc1cc(C(=O)NC(CCSCC)C(=O)O)cc(OCC)c1OCC. The van der Waals surface area contributed by atoms with E-state index in [-0.39, 0.29) is 5.56 Å². The topological polar surface area (TPSA) is 94.1 Å². The first-order chi connectivity index (χ1) is 13.0. The van der Waals surface area contributed by atoms with E-state index >= 15 is 0 Å². The first kappa shape index (κ1) is 23.0. The second-order valence-corrected chi connectivity index (χ2v) is 6.84. The summed E-state index contributed by atoms with van der Waals surface area (Å²) in [6.45, 7) is 8.71. The normalized spacial score (nSPS) is 11.6. The Balaban J connectivity index is 3.11. The smallest absolute Gasteiger partial charge is 0.326 e. The van der Waals surface area contributed by atoms with Crippen LogP contribution in [-0.4, -0.2) is 54.4 Å². The molecular weight excluding hydrogens is 370 g/mol. The maximum absolute atomic E-state index is 12.6. The largest absolute Gasteiger partial charge is 0.490 e. The van der Waals surface area contributed by atoms with Crippen molar-refractivity contribution < 1.29 is 28.9 Å². The van der Waals surface area contributed by atoms with Gasteiger partial charge in [-0.2, -0.15) is 11.8 Å². The zero-order valence-electron chi connectivity index (χ0n) is 16.4. The van der Waals surface area contributed by atoms with Crippen molar-refractivity contribution in [3.63, 3.8) is 0 Å². The van der Waals surface area contributed by atoms with Gasteiger partial charge < -0.3 is 24.6 Å². The highest BCUT2D eigenvalue weighted by Crippen LogP contribution is 2.39. The molecule has 0 heterocycles. The molecule has 1 amide bonds. The standard InChI is InChI=1S/C19H29NO6S/c1-5-24-15-11-13(12-16(25-6-2)17(15)26-7-3)18(21)20-14(19(22)23)9-10-27-8-4/h11-12,14H,5-10H2,1-4H3,(H,20,21)(H,22,23). The molecule has 0 saturated heterocycles. The number of carbonyl (C=O) groups excluding carboxylic acids is 1. The molecule has 152 valence electrons. The molecule has 1 aromatic carbocycles. The number of hydrogen-bond donors (Lipinski definition) is 2. The van der Waals surface area contributed by atoms with Crippen molar-refractivity contribution in [2.24, 2.45) is 0 Å². The highest BCUT2D eigenvalue weighted by Gasteiger charge is 2.23. The Kier molecular flexibility index (Phi) is 10.5. The summed E-state index contributed by atoms with van der Waals surface area (Å²) in [6.07, 6.45) is 0.354. The number of carbonyl (C=O) groups is 2. The van der Waals surface area contributed by atoms with Crippen molar-refractivity contribution in [2.75, 3.05) is 31.3 Å². The molecule has 1 unspecified atom stereocenters. The molecule has 0 radical (unpaired) electrons. The molecular formula is C19H29NO6S. The number of thioether (sulfide) groups is 1. The van der Waals surface area contributed by atoms with Crippen LogP contribution in [0, 0.1) is 0 Å². The van der Waals surface area contributed by atoms with Crippen LogP contribution >= 0.6 is 11.8 Å². The molecule has 7 nitrogen and oxygen atoms in total. The van der Waals surface area contributed by atoms with E-state index in [0.29, 0.717) is 49.2 Å². The van der Waals surface area contributed by atoms with Crippen LogP contribution in [-0.2, 0) is 4.79 Å². The van der Waals surface area contributed by atoms with E-state index in [0.717, 1.165) is 5.75 Å². The lowest BCUT2D eigenvalue weighted by Crippen LogP contribution is -2.41. The second kappa shape index (κ2) is 12.3. The Bertz CT molecular complexity index is 595. The Morgan fingerprint density at radius 1 is 1.04 bits per heavy atom. The number of rotatable bonds is 13. The van der Waals surface area contributed by atoms with Gasteiger partial charge in [-0.15, -0.1) is 0 Å². The van der Waals surface area contributed by atoms with Gasteiger partial charge in [0.2, 0.25) is 5.75 Å². The van der Waals surface area contributed by atoms with E-state index in [1.165, 1.54) is 0 Å². The van der Waals surface area contributed by atoms with Crippen LogP contribution in [0.5, 0.6) is 17.2 Å². The zero-order valence-corrected chi connectivity index (χ0v) is 17.2. The van der Waals surface area contributed by atoms with Gasteiger partial charge in [0.25, 0.3) is 5.91 Å². The molecule has 8 heteroatoms. The van der Waals surface area contributed by atoms with Gasteiger partial charge in [-0.3, -0.25) is 4.79 Å². The van der Waals surface area contributed by atoms with E-state index in [9.17, 15) is 14.7 Å². The van der Waals surface area contributed by atoms with Crippen LogP contribution in [0.1, 0.15) is 44.5 Å². The molecule has 1 rings (SSSR count). The molecule has 0 aliphatic heterocycles. The summed E-state index contributed by atoms with van der Waals surface area (Å²) in [5, 5.41) is 11.9.